The van der Waals surface area contributed by atoms with Gasteiger partial charge in [-0.2, -0.15) is 4.80 Å². The van der Waals surface area contributed by atoms with Crippen molar-refractivity contribution in [2.75, 3.05) is 20.3 Å². The zero-order chi connectivity index (χ0) is 16.8. The topological polar surface area (TPSA) is 84.2 Å². The molecular formula is C17H13N5O3. The average Bonchev–Trinajstić information content (AvgIpc) is 3.09. The Morgan fingerprint density at radius 3 is 2.36 bits per heavy atom. The summed E-state index contributed by atoms with van der Waals surface area (Å²) in [6.45, 7) is 0.958. The molecule has 8 heteroatoms. The second-order valence-electron chi connectivity index (χ2n) is 5.55. The zero-order valence-electron chi connectivity index (χ0n) is 13.3. The van der Waals surface area contributed by atoms with Crippen LogP contribution in [0, 0.1) is 0 Å². The van der Waals surface area contributed by atoms with Gasteiger partial charge in [0.05, 0.1) is 23.8 Å². The van der Waals surface area contributed by atoms with Crippen LogP contribution in [0.15, 0.2) is 36.4 Å². The van der Waals surface area contributed by atoms with Crippen molar-refractivity contribution in [3.05, 3.63) is 36.4 Å². The van der Waals surface area contributed by atoms with Crippen LogP contribution >= 0.6 is 0 Å². The molecule has 1 aliphatic rings. The predicted molar refractivity (Wildman–Crippen MR) is 89.5 cm³/mol. The van der Waals surface area contributed by atoms with Crippen LogP contribution in [-0.2, 0) is 0 Å². The van der Waals surface area contributed by atoms with Crippen molar-refractivity contribution in [3.8, 4) is 23.2 Å². The zero-order valence-corrected chi connectivity index (χ0v) is 13.3. The Balaban J connectivity index is 1.62. The van der Waals surface area contributed by atoms with Gasteiger partial charge in [0.25, 0.3) is 11.8 Å². The summed E-state index contributed by atoms with van der Waals surface area (Å²) < 4.78 is 16.2. The molecule has 4 aromatic rings. The second-order valence-corrected chi connectivity index (χ2v) is 5.55. The summed E-state index contributed by atoms with van der Waals surface area (Å²) in [4.78, 5) is 10.5. The maximum atomic E-state index is 5.50. The van der Waals surface area contributed by atoms with Crippen molar-refractivity contribution in [1.29, 1.82) is 0 Å². The number of nitrogens with zero attached hydrogens (tertiary/aromatic N) is 5. The van der Waals surface area contributed by atoms with Gasteiger partial charge < -0.3 is 14.2 Å². The van der Waals surface area contributed by atoms with Crippen molar-refractivity contribution >= 4 is 22.1 Å². The summed E-state index contributed by atoms with van der Waals surface area (Å²) in [5.41, 5.74) is 3.75. The monoisotopic (exact) mass is 335 g/mol. The van der Waals surface area contributed by atoms with Gasteiger partial charge in [0.15, 0.2) is 0 Å². The van der Waals surface area contributed by atoms with Gasteiger partial charge in [0.2, 0.25) is 0 Å². The summed E-state index contributed by atoms with van der Waals surface area (Å²) in [7, 11) is 1.63. The molecule has 2 aromatic carbocycles. The largest absolute Gasteiger partial charge is 0.497 e. The van der Waals surface area contributed by atoms with Gasteiger partial charge in [-0.3, -0.25) is 0 Å². The quantitative estimate of drug-likeness (QED) is 0.555. The SMILES string of the molecule is COc1ccc2nn(-c3ccc4nc5c(nc4c3)OCCO5)nc2c1. The van der Waals surface area contributed by atoms with Crippen LogP contribution in [0.3, 0.4) is 0 Å². The van der Waals surface area contributed by atoms with Crippen LogP contribution < -0.4 is 14.2 Å². The Hall–Kier alpha value is -3.42. The molecule has 0 spiro atoms. The fourth-order valence-corrected chi connectivity index (χ4v) is 2.74. The molecule has 0 fully saturated rings. The molecule has 8 nitrogen and oxygen atoms in total. The number of benzene rings is 2. The standard InChI is InChI=1S/C17H13N5O3/c1-23-11-3-5-13-15(9-11)21-22(20-13)10-2-4-12-14(8-10)19-17-16(18-12)24-6-7-25-17/h2-5,8-9H,6-7H2,1H3. The van der Waals surface area contributed by atoms with Gasteiger partial charge in [-0.25, -0.2) is 9.97 Å². The van der Waals surface area contributed by atoms with Crippen molar-refractivity contribution in [2.45, 2.75) is 0 Å². The Morgan fingerprint density at radius 2 is 1.56 bits per heavy atom. The van der Waals surface area contributed by atoms with Crippen LogP contribution in [0.25, 0.3) is 27.8 Å². The smallest absolute Gasteiger partial charge is 0.278 e. The van der Waals surface area contributed by atoms with Crippen LogP contribution in [0.2, 0.25) is 0 Å². The lowest BCUT2D eigenvalue weighted by Crippen LogP contribution is -2.17. The molecule has 1 aliphatic heterocycles. The van der Waals surface area contributed by atoms with Crippen LogP contribution in [0.5, 0.6) is 17.5 Å². The molecule has 0 radical (unpaired) electrons. The highest BCUT2D eigenvalue weighted by Gasteiger charge is 2.16. The van der Waals surface area contributed by atoms with E-state index in [1.165, 1.54) is 0 Å². The lowest BCUT2D eigenvalue weighted by atomic mass is 10.2. The number of rotatable bonds is 2. The van der Waals surface area contributed by atoms with E-state index in [2.05, 4.69) is 20.2 Å². The molecule has 25 heavy (non-hydrogen) atoms. The molecule has 2 aromatic heterocycles. The lowest BCUT2D eigenvalue weighted by molar-refractivity contribution is 0.158. The minimum absolute atomic E-state index is 0.416. The van der Waals surface area contributed by atoms with E-state index in [0.29, 0.717) is 30.5 Å². The summed E-state index contributed by atoms with van der Waals surface area (Å²) in [6.07, 6.45) is 0. The molecule has 0 saturated carbocycles. The molecule has 0 unspecified atom stereocenters. The molecule has 124 valence electrons. The highest BCUT2D eigenvalue weighted by atomic mass is 16.6. The van der Waals surface area contributed by atoms with Crippen LogP contribution in [0.1, 0.15) is 0 Å². The van der Waals surface area contributed by atoms with Crippen molar-refractivity contribution in [2.24, 2.45) is 0 Å². The average molecular weight is 335 g/mol. The third-order valence-corrected chi connectivity index (χ3v) is 3.97. The van der Waals surface area contributed by atoms with Crippen LogP contribution in [-0.4, -0.2) is 45.3 Å². The van der Waals surface area contributed by atoms with Crippen molar-refractivity contribution < 1.29 is 14.2 Å². The number of methoxy groups -OCH3 is 1. The van der Waals surface area contributed by atoms with E-state index in [0.717, 1.165) is 28.0 Å². The van der Waals surface area contributed by atoms with Crippen LogP contribution in [0.4, 0.5) is 0 Å². The fourth-order valence-electron chi connectivity index (χ4n) is 2.74. The van der Waals surface area contributed by atoms with E-state index in [9.17, 15) is 0 Å². The van der Waals surface area contributed by atoms with Gasteiger partial charge in [-0.1, -0.05) is 0 Å². The molecule has 0 aliphatic carbocycles. The van der Waals surface area contributed by atoms with Gasteiger partial charge in [-0.05, 0) is 30.3 Å². The molecule has 5 rings (SSSR count). The highest BCUT2D eigenvalue weighted by molar-refractivity contribution is 5.79. The van der Waals surface area contributed by atoms with Gasteiger partial charge in [-0.15, -0.1) is 10.2 Å². The molecule has 0 bridgehead atoms. The third-order valence-electron chi connectivity index (χ3n) is 3.97. The number of hydrogen-bond acceptors (Lipinski definition) is 7. The van der Waals surface area contributed by atoms with Gasteiger partial charge in [0, 0.05) is 6.07 Å². The van der Waals surface area contributed by atoms with Gasteiger partial charge >= 0.3 is 0 Å². The third kappa shape index (κ3) is 2.30. The van der Waals surface area contributed by atoms with Crippen molar-refractivity contribution in [3.63, 3.8) is 0 Å². The maximum absolute atomic E-state index is 5.50. The fraction of sp³-hybridized carbons (Fsp3) is 0.176. The highest BCUT2D eigenvalue weighted by Crippen LogP contribution is 2.28. The summed E-state index contributed by atoms with van der Waals surface area (Å²) >= 11 is 0. The van der Waals surface area contributed by atoms with E-state index in [4.69, 9.17) is 14.2 Å². The minimum Gasteiger partial charge on any atom is -0.497 e. The first-order valence-electron chi connectivity index (χ1n) is 7.79. The normalized spacial score (nSPS) is 13.3. The predicted octanol–water partition coefficient (Wildman–Crippen LogP) is 2.14. The number of hydrogen-bond donors (Lipinski definition) is 0. The summed E-state index contributed by atoms with van der Waals surface area (Å²) in [6, 6.07) is 11.2. The van der Waals surface area contributed by atoms with E-state index in [1.54, 1.807) is 11.9 Å². The lowest BCUT2D eigenvalue weighted by Gasteiger charge is -2.16. The number of aromatic nitrogens is 5. The number of ether oxygens (including phenoxy) is 3. The first-order valence-corrected chi connectivity index (χ1v) is 7.79. The summed E-state index contributed by atoms with van der Waals surface area (Å²) in [5, 5.41) is 9.01. The van der Waals surface area contributed by atoms with Crippen molar-refractivity contribution in [1.82, 2.24) is 25.0 Å². The Labute approximate surface area is 142 Å². The Morgan fingerprint density at radius 1 is 0.840 bits per heavy atom. The molecule has 0 saturated heterocycles. The van der Waals surface area contributed by atoms with Gasteiger partial charge in [0.1, 0.15) is 30.0 Å². The second kappa shape index (κ2) is 5.30. The molecule has 0 amide bonds. The van der Waals surface area contributed by atoms with E-state index < -0.39 is 0 Å². The van der Waals surface area contributed by atoms with E-state index >= 15 is 0 Å². The first kappa shape index (κ1) is 14.0. The molecule has 0 atom stereocenters. The molecule has 0 N–H and O–H groups in total. The Kier molecular flexibility index (Phi) is 2.96. The molecule has 3 heterocycles. The van der Waals surface area contributed by atoms with E-state index in [1.807, 2.05) is 36.4 Å². The number of fused-ring (bicyclic) bond motifs is 3. The minimum atomic E-state index is 0.416. The molecular weight excluding hydrogens is 322 g/mol. The Bertz CT molecular complexity index is 1110. The maximum Gasteiger partial charge on any atom is 0.278 e. The van der Waals surface area contributed by atoms with E-state index in [-0.39, 0.29) is 0 Å². The summed E-state index contributed by atoms with van der Waals surface area (Å²) in [5.74, 6) is 1.59. The first-order chi connectivity index (χ1) is 12.3.